The lowest BCUT2D eigenvalue weighted by Gasteiger charge is -2.36. The fourth-order valence-electron chi connectivity index (χ4n) is 2.77. The average Bonchev–Trinajstić information content (AvgIpc) is 3.09. The van der Waals surface area contributed by atoms with E-state index in [4.69, 9.17) is 0 Å². The van der Waals surface area contributed by atoms with Crippen LogP contribution >= 0.6 is 24.8 Å². The molecule has 0 atom stereocenters. The van der Waals surface area contributed by atoms with E-state index in [0.29, 0.717) is 6.54 Å². The fourth-order valence-corrected chi connectivity index (χ4v) is 2.77. The van der Waals surface area contributed by atoms with Crippen LogP contribution in [0.2, 0.25) is 0 Å². The monoisotopic (exact) mass is 357 g/mol. The van der Waals surface area contributed by atoms with Gasteiger partial charge in [0.1, 0.15) is 5.54 Å². The Morgan fingerprint density at radius 3 is 2.52 bits per heavy atom. The molecular weight excluding hydrogens is 337 g/mol. The van der Waals surface area contributed by atoms with Crippen molar-refractivity contribution in [3.05, 3.63) is 48.5 Å². The van der Waals surface area contributed by atoms with Crippen LogP contribution in [0.3, 0.4) is 0 Å². The first-order chi connectivity index (χ1) is 10.3. The van der Waals surface area contributed by atoms with Crippen LogP contribution in [0, 0.1) is 0 Å². The number of carbonyl (C=O) groups excluding carboxylic acids is 1. The summed E-state index contributed by atoms with van der Waals surface area (Å²) < 4.78 is 1.80. The van der Waals surface area contributed by atoms with Crippen LogP contribution < -0.4 is 10.6 Å². The van der Waals surface area contributed by atoms with E-state index in [2.05, 4.69) is 20.7 Å². The highest BCUT2D eigenvalue weighted by atomic mass is 35.5. The van der Waals surface area contributed by atoms with Gasteiger partial charge in [0, 0.05) is 31.3 Å². The van der Waals surface area contributed by atoms with Gasteiger partial charge in [-0.2, -0.15) is 5.10 Å². The highest BCUT2D eigenvalue weighted by molar-refractivity contribution is 5.85. The first kappa shape index (κ1) is 19.4. The molecule has 23 heavy (non-hydrogen) atoms. The maximum Gasteiger partial charge on any atom is 0.248 e. The average molecular weight is 358 g/mol. The number of nitrogens with zero attached hydrogens (tertiary/aromatic N) is 3. The van der Waals surface area contributed by atoms with Gasteiger partial charge in [0.05, 0.1) is 0 Å². The molecule has 0 radical (unpaired) electrons. The van der Waals surface area contributed by atoms with Gasteiger partial charge in [0.25, 0.3) is 0 Å². The first-order valence-corrected chi connectivity index (χ1v) is 7.19. The van der Waals surface area contributed by atoms with E-state index in [1.54, 1.807) is 23.3 Å². The third kappa shape index (κ3) is 4.22. The van der Waals surface area contributed by atoms with Crippen LogP contribution in [-0.2, 0) is 16.9 Å². The maximum absolute atomic E-state index is 12.8. The molecule has 126 valence electrons. The lowest BCUT2D eigenvalue weighted by atomic mass is 9.87. The summed E-state index contributed by atoms with van der Waals surface area (Å²) >= 11 is 0. The van der Waals surface area contributed by atoms with E-state index >= 15 is 0 Å². The van der Waals surface area contributed by atoms with Gasteiger partial charge in [-0.1, -0.05) is 0 Å². The molecule has 0 aliphatic carbocycles. The van der Waals surface area contributed by atoms with E-state index in [1.165, 1.54) is 0 Å². The number of nitrogens with one attached hydrogen (secondary N) is 2. The second-order valence-electron chi connectivity index (χ2n) is 5.27. The highest BCUT2D eigenvalue weighted by Gasteiger charge is 2.41. The summed E-state index contributed by atoms with van der Waals surface area (Å²) in [6, 6.07) is 5.67. The SMILES string of the molecule is Cl.Cl.O=C(NCc1ccncc1)C1(n2cccn2)CCNCC1. The van der Waals surface area contributed by atoms with Gasteiger partial charge >= 0.3 is 0 Å². The van der Waals surface area contributed by atoms with Crippen molar-refractivity contribution < 1.29 is 4.79 Å². The lowest BCUT2D eigenvalue weighted by Crippen LogP contribution is -2.54. The molecule has 1 fully saturated rings. The Balaban J connectivity index is 0.00000132. The number of halogens is 2. The zero-order valence-electron chi connectivity index (χ0n) is 12.6. The van der Waals surface area contributed by atoms with Crippen molar-refractivity contribution >= 4 is 30.7 Å². The summed E-state index contributed by atoms with van der Waals surface area (Å²) in [5, 5.41) is 10.6. The number of aromatic nitrogens is 3. The van der Waals surface area contributed by atoms with E-state index < -0.39 is 5.54 Å². The van der Waals surface area contributed by atoms with Crippen molar-refractivity contribution in [1.82, 2.24) is 25.4 Å². The van der Waals surface area contributed by atoms with Crippen LogP contribution in [0.15, 0.2) is 43.0 Å². The van der Waals surface area contributed by atoms with Gasteiger partial charge in [-0.05, 0) is 49.7 Å². The van der Waals surface area contributed by atoms with Crippen molar-refractivity contribution in [2.24, 2.45) is 0 Å². The molecule has 3 heterocycles. The van der Waals surface area contributed by atoms with E-state index in [-0.39, 0.29) is 30.7 Å². The van der Waals surface area contributed by atoms with E-state index in [0.717, 1.165) is 31.5 Å². The minimum atomic E-state index is -0.582. The van der Waals surface area contributed by atoms with Gasteiger partial charge < -0.3 is 10.6 Å². The Bertz CT molecular complexity index is 585. The van der Waals surface area contributed by atoms with Gasteiger partial charge in [-0.25, -0.2) is 0 Å². The zero-order chi connectivity index (χ0) is 14.5. The summed E-state index contributed by atoms with van der Waals surface area (Å²) in [5.74, 6) is 0.0320. The molecule has 2 N–H and O–H groups in total. The molecular formula is C15H21Cl2N5O. The normalized spacial score (nSPS) is 15.8. The summed E-state index contributed by atoms with van der Waals surface area (Å²) in [5.41, 5.74) is 0.463. The van der Waals surface area contributed by atoms with Crippen molar-refractivity contribution in [1.29, 1.82) is 0 Å². The molecule has 1 aliphatic heterocycles. The third-order valence-corrected chi connectivity index (χ3v) is 4.00. The number of rotatable bonds is 4. The second kappa shape index (κ2) is 8.86. The Labute approximate surface area is 147 Å². The summed E-state index contributed by atoms with van der Waals surface area (Å²) in [6.45, 7) is 2.16. The van der Waals surface area contributed by atoms with Crippen LogP contribution in [0.25, 0.3) is 0 Å². The molecule has 2 aromatic heterocycles. The van der Waals surface area contributed by atoms with Crippen LogP contribution in [-0.4, -0.2) is 33.8 Å². The van der Waals surface area contributed by atoms with Gasteiger partial charge in [-0.3, -0.25) is 14.5 Å². The van der Waals surface area contributed by atoms with E-state index in [9.17, 15) is 4.79 Å². The number of piperidine rings is 1. The molecule has 0 bridgehead atoms. The number of carbonyl (C=O) groups is 1. The minimum absolute atomic E-state index is 0. The summed E-state index contributed by atoms with van der Waals surface area (Å²) in [7, 11) is 0. The van der Waals surface area contributed by atoms with Gasteiger partial charge in [0.15, 0.2) is 0 Å². The quantitative estimate of drug-likeness (QED) is 0.869. The second-order valence-corrected chi connectivity index (χ2v) is 5.27. The first-order valence-electron chi connectivity index (χ1n) is 7.19. The molecule has 0 unspecified atom stereocenters. The molecule has 1 aliphatic rings. The molecule has 2 aromatic rings. The maximum atomic E-state index is 12.8. The number of hydrogen-bond acceptors (Lipinski definition) is 4. The van der Waals surface area contributed by atoms with Crippen LogP contribution in [0.4, 0.5) is 0 Å². The number of pyridine rings is 1. The largest absolute Gasteiger partial charge is 0.350 e. The molecule has 6 nitrogen and oxygen atoms in total. The topological polar surface area (TPSA) is 71.8 Å². The minimum Gasteiger partial charge on any atom is -0.350 e. The Kier molecular flexibility index (Phi) is 7.48. The van der Waals surface area contributed by atoms with E-state index in [1.807, 2.05) is 24.4 Å². The van der Waals surface area contributed by atoms with Crippen molar-refractivity contribution in [3.8, 4) is 0 Å². The number of amides is 1. The van der Waals surface area contributed by atoms with Gasteiger partial charge in [0.2, 0.25) is 5.91 Å². The molecule has 0 saturated carbocycles. The third-order valence-electron chi connectivity index (χ3n) is 4.00. The van der Waals surface area contributed by atoms with Crippen molar-refractivity contribution in [2.75, 3.05) is 13.1 Å². The lowest BCUT2D eigenvalue weighted by molar-refractivity contribution is -0.132. The zero-order valence-corrected chi connectivity index (χ0v) is 14.3. The summed E-state index contributed by atoms with van der Waals surface area (Å²) in [4.78, 5) is 16.8. The van der Waals surface area contributed by atoms with Crippen LogP contribution in [0.5, 0.6) is 0 Å². The predicted molar refractivity (Wildman–Crippen MR) is 92.9 cm³/mol. The number of hydrogen-bond donors (Lipinski definition) is 2. The highest BCUT2D eigenvalue weighted by Crippen LogP contribution is 2.27. The molecule has 8 heteroatoms. The Morgan fingerprint density at radius 2 is 1.91 bits per heavy atom. The van der Waals surface area contributed by atoms with Crippen LogP contribution in [0.1, 0.15) is 18.4 Å². The van der Waals surface area contributed by atoms with Gasteiger partial charge in [-0.15, -0.1) is 24.8 Å². The Hall–Kier alpha value is -1.63. The Morgan fingerprint density at radius 1 is 1.22 bits per heavy atom. The molecule has 1 amide bonds. The molecule has 1 saturated heterocycles. The summed E-state index contributed by atoms with van der Waals surface area (Å²) in [6.07, 6.45) is 8.55. The standard InChI is InChI=1S/C15H19N5O.2ClH/c21-14(18-12-13-2-7-16-8-3-13)15(4-9-17-10-5-15)20-11-1-6-19-20;;/h1-3,6-8,11,17H,4-5,9-10,12H2,(H,18,21);2*1H. The smallest absolute Gasteiger partial charge is 0.248 e. The molecule has 0 aromatic carbocycles. The van der Waals surface area contributed by atoms with Crippen molar-refractivity contribution in [2.45, 2.75) is 24.9 Å². The fraction of sp³-hybridized carbons (Fsp3) is 0.400. The molecule has 0 spiro atoms. The van der Waals surface area contributed by atoms with Crippen molar-refractivity contribution in [3.63, 3.8) is 0 Å². The molecule has 3 rings (SSSR count). The predicted octanol–water partition coefficient (Wildman–Crippen LogP) is 1.52.